The van der Waals surface area contributed by atoms with E-state index in [0.29, 0.717) is 6.54 Å². The smallest absolute Gasteiger partial charge is 0.191 e. The van der Waals surface area contributed by atoms with Gasteiger partial charge in [-0.2, -0.15) is 0 Å². The van der Waals surface area contributed by atoms with Crippen molar-refractivity contribution in [1.82, 2.24) is 10.6 Å². The Hall–Kier alpha value is -0.380. The van der Waals surface area contributed by atoms with Gasteiger partial charge >= 0.3 is 0 Å². The van der Waals surface area contributed by atoms with Crippen LogP contribution in [0.5, 0.6) is 0 Å². The molecule has 0 unspecified atom stereocenters. The van der Waals surface area contributed by atoms with Gasteiger partial charge in [-0.3, -0.25) is 0 Å². The molecule has 5 nitrogen and oxygen atoms in total. The van der Waals surface area contributed by atoms with Crippen molar-refractivity contribution in [3.63, 3.8) is 0 Å². The molecule has 0 aliphatic carbocycles. The molecule has 1 aromatic heterocycles. The second kappa shape index (κ2) is 10.4. The zero-order valence-corrected chi connectivity index (χ0v) is 16.4. The molecule has 1 aromatic rings. The van der Waals surface area contributed by atoms with E-state index in [0.717, 1.165) is 45.1 Å². The Morgan fingerprint density at radius 3 is 2.77 bits per heavy atom. The molecular formula is C15H26IN3O2S. The highest BCUT2D eigenvalue weighted by atomic mass is 127. The third-order valence-electron chi connectivity index (χ3n) is 3.73. The number of nitrogens with one attached hydrogen (secondary N) is 2. The number of ether oxygens (including phenoxy) is 2. The van der Waals surface area contributed by atoms with Gasteiger partial charge in [-0.1, -0.05) is 6.07 Å². The zero-order valence-electron chi connectivity index (χ0n) is 13.3. The summed E-state index contributed by atoms with van der Waals surface area (Å²) in [4.78, 5) is 5.89. The van der Waals surface area contributed by atoms with E-state index < -0.39 is 0 Å². The van der Waals surface area contributed by atoms with Gasteiger partial charge in [0, 0.05) is 51.1 Å². The molecule has 2 heterocycles. The fourth-order valence-electron chi connectivity index (χ4n) is 2.34. The first kappa shape index (κ1) is 19.7. The minimum Gasteiger partial charge on any atom is -0.381 e. The average molecular weight is 439 g/mol. The molecule has 7 heteroatoms. The van der Waals surface area contributed by atoms with Crippen molar-refractivity contribution in [2.24, 2.45) is 4.99 Å². The largest absolute Gasteiger partial charge is 0.381 e. The molecule has 1 saturated heterocycles. The van der Waals surface area contributed by atoms with Crippen LogP contribution in [0.25, 0.3) is 0 Å². The SMILES string of the molecule is CCNC(=NCc1cccs1)NCC1(OC)CCOCC1.I. The summed E-state index contributed by atoms with van der Waals surface area (Å²) in [7, 11) is 1.78. The summed E-state index contributed by atoms with van der Waals surface area (Å²) in [6.45, 7) is 5.90. The summed E-state index contributed by atoms with van der Waals surface area (Å²) in [5.41, 5.74) is -0.141. The van der Waals surface area contributed by atoms with E-state index in [-0.39, 0.29) is 29.6 Å². The van der Waals surface area contributed by atoms with Gasteiger partial charge in [0.2, 0.25) is 0 Å². The van der Waals surface area contributed by atoms with Crippen LogP contribution in [0, 0.1) is 0 Å². The maximum absolute atomic E-state index is 5.73. The number of nitrogens with zero attached hydrogens (tertiary/aromatic N) is 1. The summed E-state index contributed by atoms with van der Waals surface area (Å²) in [6.07, 6.45) is 1.83. The number of halogens is 1. The summed E-state index contributed by atoms with van der Waals surface area (Å²) in [5.74, 6) is 0.841. The highest BCUT2D eigenvalue weighted by Crippen LogP contribution is 2.23. The number of aliphatic imine (C=N–C) groups is 1. The number of methoxy groups -OCH3 is 1. The van der Waals surface area contributed by atoms with Crippen molar-refractivity contribution >= 4 is 41.3 Å². The highest BCUT2D eigenvalue weighted by molar-refractivity contribution is 14.0. The van der Waals surface area contributed by atoms with Crippen LogP contribution in [-0.2, 0) is 16.0 Å². The van der Waals surface area contributed by atoms with E-state index in [9.17, 15) is 0 Å². The third kappa shape index (κ3) is 6.02. The Kier molecular flexibility index (Phi) is 9.30. The summed E-state index contributed by atoms with van der Waals surface area (Å²) in [6, 6.07) is 4.16. The fourth-order valence-corrected chi connectivity index (χ4v) is 2.97. The van der Waals surface area contributed by atoms with E-state index in [2.05, 4.69) is 40.1 Å². The number of rotatable bonds is 6. The number of hydrogen-bond acceptors (Lipinski definition) is 4. The summed E-state index contributed by atoms with van der Waals surface area (Å²) in [5, 5.41) is 8.77. The van der Waals surface area contributed by atoms with E-state index >= 15 is 0 Å². The van der Waals surface area contributed by atoms with Crippen molar-refractivity contribution in [3.8, 4) is 0 Å². The fraction of sp³-hybridized carbons (Fsp3) is 0.667. The molecule has 0 amide bonds. The summed E-state index contributed by atoms with van der Waals surface area (Å²) >= 11 is 1.73. The molecule has 2 N–H and O–H groups in total. The maximum atomic E-state index is 5.73. The second-order valence-electron chi connectivity index (χ2n) is 5.13. The monoisotopic (exact) mass is 439 g/mol. The predicted molar refractivity (Wildman–Crippen MR) is 102 cm³/mol. The second-order valence-corrected chi connectivity index (χ2v) is 6.16. The molecule has 0 saturated carbocycles. The van der Waals surface area contributed by atoms with Crippen LogP contribution in [0.4, 0.5) is 0 Å². The topological polar surface area (TPSA) is 54.9 Å². The first-order chi connectivity index (χ1) is 10.3. The lowest BCUT2D eigenvalue weighted by molar-refractivity contribution is -0.0855. The van der Waals surface area contributed by atoms with Crippen LogP contribution < -0.4 is 10.6 Å². The molecule has 0 atom stereocenters. The van der Waals surface area contributed by atoms with Crippen LogP contribution in [0.15, 0.2) is 22.5 Å². The molecule has 0 bridgehead atoms. The van der Waals surface area contributed by atoms with Gasteiger partial charge in [0.05, 0.1) is 12.1 Å². The van der Waals surface area contributed by atoms with Crippen LogP contribution in [0.1, 0.15) is 24.6 Å². The van der Waals surface area contributed by atoms with Crippen molar-refractivity contribution < 1.29 is 9.47 Å². The molecule has 1 aliphatic heterocycles. The predicted octanol–water partition coefficient (Wildman–Crippen LogP) is 2.62. The van der Waals surface area contributed by atoms with Gasteiger partial charge in [0.1, 0.15) is 0 Å². The standard InChI is InChI=1S/C15H25N3O2S.HI/c1-3-16-14(17-11-13-5-4-10-21-13)18-12-15(19-2)6-8-20-9-7-15;/h4-5,10H,3,6-9,11-12H2,1-2H3,(H2,16,17,18);1H. The lowest BCUT2D eigenvalue weighted by Crippen LogP contribution is -2.50. The number of thiophene rings is 1. The van der Waals surface area contributed by atoms with Gasteiger partial charge < -0.3 is 20.1 Å². The van der Waals surface area contributed by atoms with Crippen molar-refractivity contribution in [1.29, 1.82) is 0 Å². The third-order valence-corrected chi connectivity index (χ3v) is 4.59. The first-order valence-electron chi connectivity index (χ1n) is 7.45. The van der Waals surface area contributed by atoms with E-state index in [1.54, 1.807) is 18.4 Å². The van der Waals surface area contributed by atoms with E-state index in [1.165, 1.54) is 4.88 Å². The highest BCUT2D eigenvalue weighted by Gasteiger charge is 2.32. The Labute approximate surface area is 153 Å². The molecule has 126 valence electrons. The lowest BCUT2D eigenvalue weighted by atomic mass is 9.94. The molecule has 22 heavy (non-hydrogen) atoms. The Morgan fingerprint density at radius 2 is 2.18 bits per heavy atom. The number of hydrogen-bond donors (Lipinski definition) is 2. The molecule has 0 spiro atoms. The molecule has 1 fully saturated rings. The zero-order chi connectivity index (χ0) is 15.0. The molecule has 0 aromatic carbocycles. The van der Waals surface area contributed by atoms with Crippen molar-refractivity contribution in [2.45, 2.75) is 31.9 Å². The van der Waals surface area contributed by atoms with Gasteiger partial charge in [-0.05, 0) is 18.4 Å². The van der Waals surface area contributed by atoms with Gasteiger partial charge in [-0.25, -0.2) is 4.99 Å². The quantitative estimate of drug-likeness (QED) is 0.407. The Balaban J connectivity index is 0.00000242. The number of guanidine groups is 1. The summed E-state index contributed by atoms with van der Waals surface area (Å²) < 4.78 is 11.2. The normalized spacial score (nSPS) is 17.6. The maximum Gasteiger partial charge on any atom is 0.191 e. The van der Waals surface area contributed by atoms with E-state index in [4.69, 9.17) is 9.47 Å². The minimum atomic E-state index is -0.141. The van der Waals surface area contributed by atoms with Gasteiger partial charge in [0.15, 0.2) is 5.96 Å². The average Bonchev–Trinajstić information content (AvgIpc) is 3.04. The molecule has 0 radical (unpaired) electrons. The molecular weight excluding hydrogens is 413 g/mol. The van der Waals surface area contributed by atoms with Crippen molar-refractivity contribution in [3.05, 3.63) is 22.4 Å². The van der Waals surface area contributed by atoms with Crippen LogP contribution in [0.2, 0.25) is 0 Å². The molecule has 1 aliphatic rings. The van der Waals surface area contributed by atoms with Crippen molar-refractivity contribution in [2.75, 3.05) is 33.4 Å². The molecule has 2 rings (SSSR count). The van der Waals surface area contributed by atoms with Crippen LogP contribution >= 0.6 is 35.3 Å². The lowest BCUT2D eigenvalue weighted by Gasteiger charge is -2.36. The van der Waals surface area contributed by atoms with E-state index in [1.807, 2.05) is 0 Å². The van der Waals surface area contributed by atoms with Crippen LogP contribution in [-0.4, -0.2) is 45.0 Å². The van der Waals surface area contributed by atoms with Gasteiger partial charge in [-0.15, -0.1) is 35.3 Å². The van der Waals surface area contributed by atoms with Gasteiger partial charge in [0.25, 0.3) is 0 Å². The Morgan fingerprint density at radius 1 is 1.41 bits per heavy atom. The minimum absolute atomic E-state index is 0. The Bertz CT molecular complexity index is 434. The van der Waals surface area contributed by atoms with Crippen LogP contribution in [0.3, 0.4) is 0 Å². The first-order valence-corrected chi connectivity index (χ1v) is 8.33.